The minimum atomic E-state index is -0.682. The van der Waals surface area contributed by atoms with Crippen LogP contribution in [-0.2, 0) is 16.1 Å². The molecule has 36 heavy (non-hydrogen) atoms. The average Bonchev–Trinajstić information content (AvgIpc) is 3.62. The molecule has 0 aliphatic carbocycles. The summed E-state index contributed by atoms with van der Waals surface area (Å²) in [6.45, 7) is 0.244. The van der Waals surface area contributed by atoms with Crippen molar-refractivity contribution in [3.63, 3.8) is 0 Å². The van der Waals surface area contributed by atoms with Gasteiger partial charge in [0.25, 0.3) is 11.8 Å². The molecule has 2 aliphatic heterocycles. The number of aromatic nitrogens is 5. The third kappa shape index (κ3) is 3.50. The van der Waals surface area contributed by atoms with E-state index in [4.69, 9.17) is 0 Å². The van der Waals surface area contributed by atoms with E-state index in [1.165, 1.54) is 20.7 Å². The molecule has 1 fully saturated rings. The highest BCUT2D eigenvalue weighted by atomic mass is 16.2. The summed E-state index contributed by atoms with van der Waals surface area (Å²) in [5.41, 5.74) is 4.30. The van der Waals surface area contributed by atoms with E-state index in [1.54, 1.807) is 37.6 Å². The SMILES string of the molecule is CN(C(=O)c1cn(-c2ccc3c(c2)CN(C2CCC(=O)NC2=O)C3=O)nn1)c1ccc2nc[nH]c2c1. The monoisotopic (exact) mass is 484 g/mol. The van der Waals surface area contributed by atoms with E-state index in [2.05, 4.69) is 25.6 Å². The molecule has 0 bridgehead atoms. The fourth-order valence-electron chi connectivity index (χ4n) is 4.61. The zero-order valence-corrected chi connectivity index (χ0v) is 19.1. The molecule has 0 radical (unpaired) electrons. The number of benzene rings is 2. The second-order valence-corrected chi connectivity index (χ2v) is 8.76. The summed E-state index contributed by atoms with van der Waals surface area (Å²) in [7, 11) is 1.66. The van der Waals surface area contributed by atoms with E-state index in [-0.39, 0.29) is 36.4 Å². The molecule has 12 nitrogen and oxygen atoms in total. The third-order valence-corrected chi connectivity index (χ3v) is 6.58. The van der Waals surface area contributed by atoms with Crippen LogP contribution in [-0.4, -0.2) is 66.6 Å². The Labute approximate surface area is 203 Å². The Kier molecular flexibility index (Phi) is 4.88. The molecule has 4 heterocycles. The summed E-state index contributed by atoms with van der Waals surface area (Å²) >= 11 is 0. The number of imide groups is 1. The van der Waals surface area contributed by atoms with Gasteiger partial charge in [0, 0.05) is 31.3 Å². The zero-order chi connectivity index (χ0) is 25.0. The predicted molar refractivity (Wildman–Crippen MR) is 126 cm³/mol. The Bertz CT molecular complexity index is 1570. The third-order valence-electron chi connectivity index (χ3n) is 6.58. The Morgan fingerprint density at radius 1 is 1.14 bits per heavy atom. The number of hydrogen-bond donors (Lipinski definition) is 2. The number of aromatic amines is 1. The molecule has 1 saturated heterocycles. The van der Waals surface area contributed by atoms with Crippen LogP contribution in [0.4, 0.5) is 5.69 Å². The number of carbonyl (C=O) groups excluding carboxylic acids is 4. The number of carbonyl (C=O) groups is 4. The fourth-order valence-corrected chi connectivity index (χ4v) is 4.61. The Morgan fingerprint density at radius 3 is 2.83 bits per heavy atom. The lowest BCUT2D eigenvalue weighted by Crippen LogP contribution is -2.52. The lowest BCUT2D eigenvalue weighted by Gasteiger charge is -2.29. The summed E-state index contributed by atoms with van der Waals surface area (Å²) in [5, 5.41) is 10.4. The normalized spacial score (nSPS) is 17.4. The van der Waals surface area contributed by atoms with Crippen LogP contribution in [0.25, 0.3) is 16.7 Å². The maximum Gasteiger partial charge on any atom is 0.280 e. The summed E-state index contributed by atoms with van der Waals surface area (Å²) in [6, 6.07) is 9.95. The molecule has 2 N–H and O–H groups in total. The number of nitrogens with zero attached hydrogens (tertiary/aromatic N) is 6. The lowest BCUT2D eigenvalue weighted by molar-refractivity contribution is -0.136. The Hall–Kier alpha value is -4.87. The molecular formula is C24H20N8O4. The maximum atomic E-state index is 13.0. The van der Waals surface area contributed by atoms with Gasteiger partial charge in [-0.1, -0.05) is 5.21 Å². The second-order valence-electron chi connectivity index (χ2n) is 8.76. The largest absolute Gasteiger partial charge is 0.345 e. The first-order valence-corrected chi connectivity index (χ1v) is 11.3. The first-order valence-electron chi connectivity index (χ1n) is 11.3. The molecule has 0 saturated carbocycles. The average molecular weight is 484 g/mol. The van der Waals surface area contributed by atoms with Gasteiger partial charge >= 0.3 is 0 Å². The van der Waals surface area contributed by atoms with Crippen LogP contribution < -0.4 is 10.2 Å². The summed E-state index contributed by atoms with van der Waals surface area (Å²) in [4.78, 5) is 59.8. The van der Waals surface area contributed by atoms with Crippen molar-refractivity contribution in [3.05, 3.63) is 65.7 Å². The molecule has 1 atom stereocenters. The van der Waals surface area contributed by atoms with Crippen molar-refractivity contribution in [1.29, 1.82) is 0 Å². The lowest BCUT2D eigenvalue weighted by atomic mass is 10.0. The number of anilines is 1. The van der Waals surface area contributed by atoms with Crippen molar-refractivity contribution in [2.24, 2.45) is 0 Å². The Morgan fingerprint density at radius 2 is 2.00 bits per heavy atom. The quantitative estimate of drug-likeness (QED) is 0.414. The fraction of sp³-hybridized carbons (Fsp3) is 0.208. The minimum Gasteiger partial charge on any atom is -0.345 e. The maximum absolute atomic E-state index is 13.0. The molecular weight excluding hydrogens is 464 g/mol. The molecule has 4 aromatic rings. The van der Waals surface area contributed by atoms with Gasteiger partial charge in [0.1, 0.15) is 6.04 Å². The number of hydrogen-bond acceptors (Lipinski definition) is 7. The van der Waals surface area contributed by atoms with E-state index in [0.29, 0.717) is 23.4 Å². The Balaban J connectivity index is 1.22. The standard InChI is InChI=1S/C24H20N8O4/c1-30(14-3-5-17-18(9-14)26-12-25-17)24(36)19-11-32(29-28-19)15-2-4-16-13(8-15)10-31(23(16)35)20-6-7-21(33)27-22(20)34/h2-5,8-9,11-12,20H,6-7,10H2,1H3,(H,25,26)(H,27,33,34). The highest BCUT2D eigenvalue weighted by molar-refractivity contribution is 6.06. The van der Waals surface area contributed by atoms with Crippen molar-refractivity contribution < 1.29 is 19.2 Å². The first kappa shape index (κ1) is 21.6. The van der Waals surface area contributed by atoms with Crippen molar-refractivity contribution >= 4 is 40.3 Å². The number of imidazole rings is 1. The molecule has 180 valence electrons. The van der Waals surface area contributed by atoms with E-state index in [9.17, 15) is 19.2 Å². The first-order chi connectivity index (χ1) is 17.4. The van der Waals surface area contributed by atoms with Gasteiger partial charge in [0.05, 0.1) is 29.2 Å². The van der Waals surface area contributed by atoms with Gasteiger partial charge < -0.3 is 14.8 Å². The number of H-pyrrole nitrogens is 1. The van der Waals surface area contributed by atoms with Crippen LogP contribution in [0.1, 0.15) is 39.3 Å². The van der Waals surface area contributed by atoms with Crippen LogP contribution in [0.15, 0.2) is 48.9 Å². The molecule has 12 heteroatoms. The van der Waals surface area contributed by atoms with E-state index in [1.807, 2.05) is 12.1 Å². The minimum absolute atomic E-state index is 0.156. The van der Waals surface area contributed by atoms with Crippen molar-refractivity contribution in [2.45, 2.75) is 25.4 Å². The number of fused-ring (bicyclic) bond motifs is 2. The van der Waals surface area contributed by atoms with Crippen molar-refractivity contribution in [3.8, 4) is 5.69 Å². The van der Waals surface area contributed by atoms with E-state index in [0.717, 1.165) is 16.6 Å². The van der Waals surface area contributed by atoms with E-state index >= 15 is 0 Å². The van der Waals surface area contributed by atoms with Gasteiger partial charge in [-0.15, -0.1) is 5.10 Å². The van der Waals surface area contributed by atoms with Gasteiger partial charge in [0.15, 0.2) is 5.69 Å². The smallest absolute Gasteiger partial charge is 0.280 e. The molecule has 4 amide bonds. The zero-order valence-electron chi connectivity index (χ0n) is 19.1. The van der Waals surface area contributed by atoms with Crippen LogP contribution >= 0.6 is 0 Å². The van der Waals surface area contributed by atoms with Gasteiger partial charge in [-0.3, -0.25) is 24.5 Å². The van der Waals surface area contributed by atoms with Crippen molar-refractivity contribution in [1.82, 2.24) is 35.2 Å². The molecule has 2 aromatic carbocycles. The van der Waals surface area contributed by atoms with Crippen molar-refractivity contribution in [2.75, 3.05) is 11.9 Å². The molecule has 6 rings (SSSR count). The summed E-state index contributed by atoms with van der Waals surface area (Å²) in [6.07, 6.45) is 3.62. The van der Waals surface area contributed by atoms with Gasteiger partial charge in [0.2, 0.25) is 11.8 Å². The number of amides is 4. The van der Waals surface area contributed by atoms with Gasteiger partial charge in [-0.05, 0) is 48.4 Å². The number of piperidine rings is 1. The molecule has 0 spiro atoms. The second kappa shape index (κ2) is 8.12. The molecule has 1 unspecified atom stereocenters. The summed E-state index contributed by atoms with van der Waals surface area (Å²) in [5.74, 6) is -1.37. The number of rotatable bonds is 4. The van der Waals surface area contributed by atoms with Crippen LogP contribution in [0.5, 0.6) is 0 Å². The van der Waals surface area contributed by atoms with E-state index < -0.39 is 11.9 Å². The molecule has 2 aliphatic rings. The van der Waals surface area contributed by atoms with Crippen LogP contribution in [0.3, 0.4) is 0 Å². The van der Waals surface area contributed by atoms with Gasteiger partial charge in [-0.2, -0.15) is 0 Å². The molecule has 2 aromatic heterocycles. The van der Waals surface area contributed by atoms with Crippen LogP contribution in [0.2, 0.25) is 0 Å². The topological polar surface area (TPSA) is 146 Å². The van der Waals surface area contributed by atoms with Crippen LogP contribution in [0, 0.1) is 0 Å². The summed E-state index contributed by atoms with van der Waals surface area (Å²) < 4.78 is 1.47. The highest BCUT2D eigenvalue weighted by Gasteiger charge is 2.39. The predicted octanol–water partition coefficient (Wildman–Crippen LogP) is 1.18. The highest BCUT2D eigenvalue weighted by Crippen LogP contribution is 2.29. The number of nitrogens with one attached hydrogen (secondary N) is 2. The van der Waals surface area contributed by atoms with Gasteiger partial charge in [-0.25, -0.2) is 9.67 Å².